The molecular formula is C57H36N4O. The highest BCUT2D eigenvalue weighted by molar-refractivity contribution is 6.19. The van der Waals surface area contributed by atoms with Gasteiger partial charge >= 0.3 is 0 Å². The van der Waals surface area contributed by atoms with Gasteiger partial charge in [0.25, 0.3) is 0 Å². The van der Waals surface area contributed by atoms with E-state index in [1.807, 2.05) is 36.4 Å². The van der Waals surface area contributed by atoms with E-state index in [0.29, 0.717) is 17.5 Å². The molecule has 0 N–H and O–H groups in total. The molecule has 3 heterocycles. The highest BCUT2D eigenvalue weighted by Crippen LogP contribution is 2.45. The lowest BCUT2D eigenvalue weighted by atomic mass is 9.90. The summed E-state index contributed by atoms with van der Waals surface area (Å²) in [5.41, 5.74) is 14.6. The van der Waals surface area contributed by atoms with Crippen molar-refractivity contribution in [3.05, 3.63) is 218 Å². The quantitative estimate of drug-likeness (QED) is 0.161. The van der Waals surface area contributed by atoms with Crippen LogP contribution < -0.4 is 0 Å². The Morgan fingerprint density at radius 3 is 1.56 bits per heavy atom. The van der Waals surface area contributed by atoms with Crippen LogP contribution in [0.1, 0.15) is 0 Å². The highest BCUT2D eigenvalue weighted by Gasteiger charge is 2.21. The third kappa shape index (κ3) is 5.98. The van der Waals surface area contributed by atoms with Crippen molar-refractivity contribution in [3.63, 3.8) is 0 Å². The van der Waals surface area contributed by atoms with Gasteiger partial charge in [-0.05, 0) is 81.9 Å². The van der Waals surface area contributed by atoms with Crippen molar-refractivity contribution in [1.82, 2.24) is 19.5 Å². The Balaban J connectivity index is 1.01. The fraction of sp³-hybridized carbons (Fsp3) is 0. The van der Waals surface area contributed by atoms with Crippen molar-refractivity contribution in [1.29, 1.82) is 0 Å². The molecule has 0 bridgehead atoms. The normalized spacial score (nSPS) is 11.5. The number of para-hydroxylation sites is 2. The van der Waals surface area contributed by atoms with Crippen LogP contribution in [0.3, 0.4) is 0 Å². The molecule has 0 amide bonds. The van der Waals surface area contributed by atoms with Crippen LogP contribution in [-0.4, -0.2) is 19.5 Å². The Bertz CT molecular complexity index is 3630. The van der Waals surface area contributed by atoms with E-state index in [4.69, 9.17) is 19.4 Å². The molecule has 0 aliphatic heterocycles. The molecule has 3 aromatic heterocycles. The average molecular weight is 793 g/mol. The largest absolute Gasteiger partial charge is 0.456 e. The van der Waals surface area contributed by atoms with Gasteiger partial charge in [0.1, 0.15) is 11.2 Å². The summed E-state index contributed by atoms with van der Waals surface area (Å²) in [5, 5.41) is 4.55. The van der Waals surface area contributed by atoms with Crippen LogP contribution >= 0.6 is 0 Å². The predicted molar refractivity (Wildman–Crippen MR) is 254 cm³/mol. The monoisotopic (exact) mass is 792 g/mol. The molecule has 0 aliphatic rings. The second-order valence-corrected chi connectivity index (χ2v) is 15.5. The molecule has 0 saturated carbocycles. The van der Waals surface area contributed by atoms with Crippen LogP contribution in [0.5, 0.6) is 0 Å². The minimum absolute atomic E-state index is 0.578. The first-order valence-corrected chi connectivity index (χ1v) is 20.9. The van der Waals surface area contributed by atoms with Gasteiger partial charge in [-0.3, -0.25) is 0 Å². The van der Waals surface area contributed by atoms with Crippen molar-refractivity contribution >= 4 is 43.7 Å². The molecule has 5 nitrogen and oxygen atoms in total. The van der Waals surface area contributed by atoms with E-state index in [0.717, 1.165) is 72.1 Å². The molecule has 0 unspecified atom stereocenters. The van der Waals surface area contributed by atoms with E-state index in [1.165, 1.54) is 27.4 Å². The summed E-state index contributed by atoms with van der Waals surface area (Å²) in [7, 11) is 0. The topological polar surface area (TPSA) is 56.7 Å². The van der Waals surface area contributed by atoms with E-state index >= 15 is 0 Å². The van der Waals surface area contributed by atoms with Crippen LogP contribution in [0.4, 0.5) is 0 Å². The average Bonchev–Trinajstić information content (AvgIpc) is 3.90. The maximum Gasteiger partial charge on any atom is 0.164 e. The minimum atomic E-state index is 0.578. The number of hydrogen-bond acceptors (Lipinski definition) is 4. The molecule has 0 atom stereocenters. The number of fused-ring (bicyclic) bond motifs is 6. The molecule has 290 valence electrons. The van der Waals surface area contributed by atoms with E-state index in [-0.39, 0.29) is 0 Å². The lowest BCUT2D eigenvalue weighted by molar-refractivity contribution is 0.669. The van der Waals surface area contributed by atoms with Gasteiger partial charge in [-0.25, -0.2) is 15.0 Å². The van der Waals surface area contributed by atoms with Crippen molar-refractivity contribution in [3.8, 4) is 73.2 Å². The van der Waals surface area contributed by atoms with E-state index in [2.05, 4.69) is 187 Å². The van der Waals surface area contributed by atoms with Crippen LogP contribution in [0.2, 0.25) is 0 Å². The van der Waals surface area contributed by atoms with Gasteiger partial charge in [0.05, 0.1) is 11.0 Å². The number of rotatable bonds is 7. The Kier molecular flexibility index (Phi) is 8.42. The molecule has 0 saturated heterocycles. The number of furan rings is 1. The van der Waals surface area contributed by atoms with Crippen molar-refractivity contribution < 1.29 is 4.42 Å². The fourth-order valence-corrected chi connectivity index (χ4v) is 9.06. The third-order valence-electron chi connectivity index (χ3n) is 11.9. The highest BCUT2D eigenvalue weighted by atomic mass is 16.3. The predicted octanol–water partition coefficient (Wildman–Crippen LogP) is 14.9. The standard InChI is InChI=1S/C57H36N4O/c1-4-17-37(18-5-1)39-21-14-22-40(35-39)56-58-55(38-19-6-2-7-20-38)59-57(60-56)41-33-34-48-52(36-41)62-51-32-16-29-46(54(48)51)44-26-11-10-25-43(44)45-28-15-31-50-53(45)47-27-12-13-30-49(47)61(50)42-23-8-3-9-24-42/h1-36H. The summed E-state index contributed by atoms with van der Waals surface area (Å²) in [5.74, 6) is 1.80. The first kappa shape index (κ1) is 35.5. The second-order valence-electron chi connectivity index (χ2n) is 15.5. The van der Waals surface area contributed by atoms with E-state index in [9.17, 15) is 0 Å². The smallest absolute Gasteiger partial charge is 0.164 e. The van der Waals surface area contributed by atoms with Gasteiger partial charge in [0.2, 0.25) is 0 Å². The van der Waals surface area contributed by atoms with Crippen molar-refractivity contribution in [2.45, 2.75) is 0 Å². The van der Waals surface area contributed by atoms with Gasteiger partial charge in [0.15, 0.2) is 17.5 Å². The zero-order chi connectivity index (χ0) is 41.0. The first-order chi connectivity index (χ1) is 30.7. The van der Waals surface area contributed by atoms with Crippen molar-refractivity contribution in [2.75, 3.05) is 0 Å². The second kappa shape index (κ2) is 14.7. The molecular weight excluding hydrogens is 757 g/mol. The van der Waals surface area contributed by atoms with Crippen LogP contribution in [0.25, 0.3) is 117 Å². The van der Waals surface area contributed by atoms with Gasteiger partial charge in [0, 0.05) is 43.9 Å². The lowest BCUT2D eigenvalue weighted by Crippen LogP contribution is -2.00. The fourth-order valence-electron chi connectivity index (χ4n) is 9.06. The van der Waals surface area contributed by atoms with Crippen LogP contribution in [-0.2, 0) is 0 Å². The number of aromatic nitrogens is 4. The van der Waals surface area contributed by atoms with E-state index < -0.39 is 0 Å². The Morgan fingerprint density at radius 1 is 0.306 bits per heavy atom. The molecule has 62 heavy (non-hydrogen) atoms. The maximum absolute atomic E-state index is 6.72. The van der Waals surface area contributed by atoms with Gasteiger partial charge < -0.3 is 8.98 Å². The maximum atomic E-state index is 6.72. The molecule has 0 aliphatic carbocycles. The molecule has 9 aromatic carbocycles. The van der Waals surface area contributed by atoms with Crippen LogP contribution in [0, 0.1) is 0 Å². The summed E-state index contributed by atoms with van der Waals surface area (Å²) in [6.45, 7) is 0. The minimum Gasteiger partial charge on any atom is -0.456 e. The van der Waals surface area contributed by atoms with Gasteiger partial charge in [-0.15, -0.1) is 0 Å². The third-order valence-corrected chi connectivity index (χ3v) is 11.9. The Hall–Kier alpha value is -8.41. The summed E-state index contributed by atoms with van der Waals surface area (Å²) < 4.78 is 9.10. The molecule has 12 rings (SSSR count). The van der Waals surface area contributed by atoms with E-state index in [1.54, 1.807) is 0 Å². The summed E-state index contributed by atoms with van der Waals surface area (Å²) in [6, 6.07) is 76.3. The number of hydrogen-bond donors (Lipinski definition) is 0. The summed E-state index contributed by atoms with van der Waals surface area (Å²) in [4.78, 5) is 15.2. The zero-order valence-corrected chi connectivity index (χ0v) is 33.5. The zero-order valence-electron chi connectivity index (χ0n) is 33.5. The Labute approximate surface area is 357 Å². The number of benzene rings is 9. The first-order valence-electron chi connectivity index (χ1n) is 20.9. The molecule has 5 heteroatoms. The Morgan fingerprint density at radius 2 is 0.823 bits per heavy atom. The number of nitrogens with zero attached hydrogens (tertiary/aromatic N) is 4. The molecule has 0 spiro atoms. The van der Waals surface area contributed by atoms with Gasteiger partial charge in [-0.2, -0.15) is 0 Å². The summed E-state index contributed by atoms with van der Waals surface area (Å²) in [6.07, 6.45) is 0. The summed E-state index contributed by atoms with van der Waals surface area (Å²) >= 11 is 0. The van der Waals surface area contributed by atoms with Gasteiger partial charge in [-0.1, -0.05) is 170 Å². The molecule has 12 aromatic rings. The molecule has 0 radical (unpaired) electrons. The SMILES string of the molecule is c1ccc(-c2cccc(-c3nc(-c4ccccc4)nc(-c4ccc5c(c4)oc4cccc(-c6ccccc6-c6cccc7c6c6ccccc6n7-c6ccccc6)c45)n3)c2)cc1. The molecule has 0 fully saturated rings. The lowest BCUT2D eigenvalue weighted by Gasteiger charge is -2.13. The van der Waals surface area contributed by atoms with Crippen molar-refractivity contribution in [2.24, 2.45) is 0 Å². The van der Waals surface area contributed by atoms with Crippen LogP contribution in [0.15, 0.2) is 223 Å².